The van der Waals surface area contributed by atoms with Gasteiger partial charge in [0.15, 0.2) is 11.6 Å². The van der Waals surface area contributed by atoms with Crippen LogP contribution in [-0.2, 0) is 0 Å². The van der Waals surface area contributed by atoms with Crippen LogP contribution in [0.15, 0.2) is 42.5 Å². The van der Waals surface area contributed by atoms with Gasteiger partial charge in [-0.1, -0.05) is 29.5 Å². The zero-order chi connectivity index (χ0) is 19.4. The fraction of sp³-hybridized carbons (Fsp3) is 0.286. The quantitative estimate of drug-likeness (QED) is 0.760. The summed E-state index contributed by atoms with van der Waals surface area (Å²) in [7, 11) is 0. The normalized spacial score (nSPS) is 21.9. The van der Waals surface area contributed by atoms with Gasteiger partial charge in [-0.15, -0.1) is 0 Å². The Morgan fingerprint density at radius 2 is 2.04 bits per heavy atom. The van der Waals surface area contributed by atoms with Gasteiger partial charge in [0.2, 0.25) is 0 Å². The molecule has 0 saturated heterocycles. The van der Waals surface area contributed by atoms with Crippen molar-refractivity contribution in [1.82, 2.24) is 5.32 Å². The second kappa shape index (κ2) is 8.08. The van der Waals surface area contributed by atoms with Crippen LogP contribution in [0, 0.1) is 23.5 Å². The van der Waals surface area contributed by atoms with Crippen LogP contribution in [0.3, 0.4) is 0 Å². The molecule has 1 aliphatic rings. The topological polar surface area (TPSA) is 49.3 Å². The third-order valence-corrected chi connectivity index (χ3v) is 4.74. The Morgan fingerprint density at radius 1 is 1.22 bits per heavy atom. The van der Waals surface area contributed by atoms with Gasteiger partial charge in [0.25, 0.3) is 5.91 Å². The van der Waals surface area contributed by atoms with E-state index >= 15 is 0 Å². The molecule has 1 amide bonds. The van der Waals surface area contributed by atoms with Crippen LogP contribution in [-0.4, -0.2) is 22.7 Å². The van der Waals surface area contributed by atoms with Gasteiger partial charge in [0.05, 0.1) is 0 Å². The molecule has 0 radical (unpaired) electrons. The molecule has 1 fully saturated rings. The Labute approximate surface area is 161 Å². The molecule has 6 heteroatoms. The maximum Gasteiger partial charge on any atom is 0.251 e. The van der Waals surface area contributed by atoms with Gasteiger partial charge in [0.1, 0.15) is 5.60 Å². The van der Waals surface area contributed by atoms with E-state index in [1.807, 2.05) is 0 Å². The molecule has 0 spiro atoms. The van der Waals surface area contributed by atoms with Crippen molar-refractivity contribution in [1.29, 1.82) is 0 Å². The molecular weight excluding hydrogens is 372 g/mol. The highest BCUT2D eigenvalue weighted by molar-refractivity contribution is 6.30. The molecule has 2 aromatic rings. The minimum absolute atomic E-state index is 0.0352. The maximum absolute atomic E-state index is 13.3. The van der Waals surface area contributed by atoms with Crippen molar-refractivity contribution in [3.63, 3.8) is 0 Å². The SMILES string of the molecule is O=C(N[C@H]1CCCC(O)(C#Cc2cccc(Cl)c2)C1)c1ccc(F)c(F)c1. The molecular formula is C21H18ClF2NO2. The Bertz CT molecular complexity index is 922. The number of hydrogen-bond acceptors (Lipinski definition) is 2. The van der Waals surface area contributed by atoms with Crippen LogP contribution < -0.4 is 5.32 Å². The number of carbonyl (C=O) groups excluding carboxylic acids is 1. The smallest absolute Gasteiger partial charge is 0.251 e. The Balaban J connectivity index is 1.68. The highest BCUT2D eigenvalue weighted by Crippen LogP contribution is 2.28. The molecule has 27 heavy (non-hydrogen) atoms. The van der Waals surface area contributed by atoms with Crippen LogP contribution in [0.2, 0.25) is 5.02 Å². The molecule has 2 aromatic carbocycles. The summed E-state index contributed by atoms with van der Waals surface area (Å²) >= 11 is 5.93. The second-order valence-electron chi connectivity index (χ2n) is 6.69. The summed E-state index contributed by atoms with van der Waals surface area (Å²) in [6.45, 7) is 0. The zero-order valence-corrected chi connectivity index (χ0v) is 15.2. The monoisotopic (exact) mass is 389 g/mol. The zero-order valence-electron chi connectivity index (χ0n) is 14.4. The summed E-state index contributed by atoms with van der Waals surface area (Å²) in [6.07, 6.45) is 2.12. The van der Waals surface area contributed by atoms with E-state index in [-0.39, 0.29) is 18.0 Å². The predicted molar refractivity (Wildman–Crippen MR) is 99.4 cm³/mol. The van der Waals surface area contributed by atoms with E-state index in [2.05, 4.69) is 17.2 Å². The number of nitrogens with one attached hydrogen (secondary N) is 1. The van der Waals surface area contributed by atoms with Crippen LogP contribution >= 0.6 is 11.6 Å². The van der Waals surface area contributed by atoms with Crippen molar-refractivity contribution in [2.75, 3.05) is 0 Å². The van der Waals surface area contributed by atoms with Crippen LogP contribution in [0.1, 0.15) is 41.6 Å². The van der Waals surface area contributed by atoms with Crippen molar-refractivity contribution in [3.05, 3.63) is 70.2 Å². The van der Waals surface area contributed by atoms with Gasteiger partial charge >= 0.3 is 0 Å². The average Bonchev–Trinajstić information content (AvgIpc) is 2.62. The summed E-state index contributed by atoms with van der Waals surface area (Å²) in [5.41, 5.74) is -0.496. The molecule has 1 saturated carbocycles. The lowest BCUT2D eigenvalue weighted by atomic mass is 9.82. The number of hydrogen-bond donors (Lipinski definition) is 2. The number of aliphatic hydroxyl groups is 1. The first kappa shape index (κ1) is 19.3. The van der Waals surface area contributed by atoms with E-state index in [9.17, 15) is 18.7 Å². The lowest BCUT2D eigenvalue weighted by Gasteiger charge is -2.33. The predicted octanol–water partition coefficient (Wildman–Crippen LogP) is 4.07. The van der Waals surface area contributed by atoms with Gasteiger partial charge in [-0.25, -0.2) is 8.78 Å². The summed E-state index contributed by atoms with van der Waals surface area (Å²) in [6, 6.07) is 9.72. The van der Waals surface area contributed by atoms with Crippen LogP contribution in [0.25, 0.3) is 0 Å². The molecule has 0 aromatic heterocycles. The van der Waals surface area contributed by atoms with E-state index in [1.165, 1.54) is 6.07 Å². The highest BCUT2D eigenvalue weighted by Gasteiger charge is 2.33. The van der Waals surface area contributed by atoms with Crippen LogP contribution in [0.4, 0.5) is 8.78 Å². The van der Waals surface area contributed by atoms with Gasteiger partial charge in [-0.05, 0) is 55.7 Å². The number of carbonyl (C=O) groups is 1. The number of halogens is 3. The lowest BCUT2D eigenvalue weighted by molar-refractivity contribution is 0.0452. The van der Waals surface area contributed by atoms with Gasteiger partial charge in [-0.2, -0.15) is 0 Å². The number of benzene rings is 2. The summed E-state index contributed by atoms with van der Waals surface area (Å²) in [5.74, 6) is 3.23. The molecule has 1 aliphatic carbocycles. The Hall–Kier alpha value is -2.42. The largest absolute Gasteiger partial charge is 0.378 e. The van der Waals surface area contributed by atoms with E-state index in [0.717, 1.165) is 12.1 Å². The average molecular weight is 390 g/mol. The molecule has 3 nitrogen and oxygen atoms in total. The second-order valence-corrected chi connectivity index (χ2v) is 7.12. The van der Waals surface area contributed by atoms with Crippen molar-refractivity contribution in [2.24, 2.45) is 0 Å². The fourth-order valence-electron chi connectivity index (χ4n) is 3.15. The van der Waals surface area contributed by atoms with E-state index < -0.39 is 23.1 Å². The first-order valence-electron chi connectivity index (χ1n) is 8.62. The number of amides is 1. The first-order chi connectivity index (χ1) is 12.8. The molecule has 2 atom stereocenters. The third kappa shape index (κ3) is 5.06. The van der Waals surface area contributed by atoms with Gasteiger partial charge in [0, 0.05) is 28.6 Å². The standard InChI is InChI=1S/C21H18ClF2NO2/c22-16-4-1-3-14(11-16)8-10-21(27)9-2-5-17(13-21)25-20(26)15-6-7-18(23)19(24)12-15/h1,3-4,6-7,11-12,17,27H,2,5,9,13H2,(H,25,26)/t17-,21?/m0/s1. The Morgan fingerprint density at radius 3 is 2.78 bits per heavy atom. The minimum atomic E-state index is -1.23. The molecule has 1 unspecified atom stereocenters. The Kier molecular flexibility index (Phi) is 5.79. The van der Waals surface area contributed by atoms with Crippen molar-refractivity contribution in [2.45, 2.75) is 37.3 Å². The van der Waals surface area contributed by atoms with Crippen molar-refractivity contribution >= 4 is 17.5 Å². The van der Waals surface area contributed by atoms with Crippen LogP contribution in [0.5, 0.6) is 0 Å². The maximum atomic E-state index is 13.3. The van der Waals surface area contributed by atoms with E-state index in [4.69, 9.17) is 11.6 Å². The van der Waals surface area contributed by atoms with Gasteiger partial charge in [-0.3, -0.25) is 4.79 Å². The summed E-state index contributed by atoms with van der Waals surface area (Å²) in [5, 5.41) is 14.1. The molecule has 0 aliphatic heterocycles. The van der Waals surface area contributed by atoms with Crippen molar-refractivity contribution < 1.29 is 18.7 Å². The minimum Gasteiger partial charge on any atom is -0.378 e. The lowest BCUT2D eigenvalue weighted by Crippen LogP contribution is -2.45. The third-order valence-electron chi connectivity index (χ3n) is 4.51. The molecule has 0 bridgehead atoms. The molecule has 0 heterocycles. The summed E-state index contributed by atoms with van der Waals surface area (Å²) in [4.78, 5) is 12.3. The first-order valence-corrected chi connectivity index (χ1v) is 8.99. The van der Waals surface area contributed by atoms with Crippen molar-refractivity contribution in [3.8, 4) is 11.8 Å². The molecule has 3 rings (SSSR count). The molecule has 2 N–H and O–H groups in total. The number of rotatable bonds is 2. The highest BCUT2D eigenvalue weighted by atomic mass is 35.5. The van der Waals surface area contributed by atoms with E-state index in [1.54, 1.807) is 24.3 Å². The summed E-state index contributed by atoms with van der Waals surface area (Å²) < 4.78 is 26.3. The fourth-order valence-corrected chi connectivity index (χ4v) is 3.34. The van der Waals surface area contributed by atoms with Gasteiger partial charge < -0.3 is 10.4 Å². The van der Waals surface area contributed by atoms with E-state index in [0.29, 0.717) is 29.8 Å². The molecule has 140 valence electrons.